The van der Waals surface area contributed by atoms with Crippen LogP contribution >= 0.6 is 11.6 Å². The van der Waals surface area contributed by atoms with Gasteiger partial charge in [0.1, 0.15) is 34.9 Å². The summed E-state index contributed by atoms with van der Waals surface area (Å²) < 4.78 is 38.4. The zero-order valence-corrected chi connectivity index (χ0v) is 49.7. The second kappa shape index (κ2) is 28.0. The Hall–Kier alpha value is -13.7. The minimum Gasteiger partial charge on any atom is -0.494 e. The van der Waals surface area contributed by atoms with E-state index in [-0.39, 0.29) is 44.9 Å². The van der Waals surface area contributed by atoms with Gasteiger partial charge < -0.3 is 64.3 Å². The molecule has 12 aromatic heterocycles. The SMILES string of the molecule is COc1cnc(-n2ccnn2)c2[nH]cc(C(=O)C(=O)O)c12.COc1cnc(-n2cnc(C)n2)c2[nH]cc(C(=O)C(=O)O)c12.COc1ncc(OC)c2c(C(=O)C(=O)O)c[nH]c12.O=C(Cl)C(=O)c1c[nH]c2ccccc12.O=C(O)C(=O)c1c[nH]c2c(-n3ccnn3)ncc(F)c12. The van der Waals surface area contributed by atoms with E-state index >= 15 is 0 Å². The molecule has 0 saturated carbocycles. The molecule has 482 valence electrons. The fraction of sp³-hybridized carbons (Fsp3) is 0.0877. The normalized spacial score (nSPS) is 10.6. The third kappa shape index (κ3) is 13.2. The molecule has 13 rings (SSSR count). The molecular formula is C57H42ClFN18O18. The van der Waals surface area contributed by atoms with Crippen molar-refractivity contribution >= 4 is 124 Å². The van der Waals surface area contributed by atoms with Crippen molar-refractivity contribution in [3.05, 3.63) is 151 Å². The predicted molar refractivity (Wildman–Crippen MR) is 321 cm³/mol. The van der Waals surface area contributed by atoms with Crippen LogP contribution in [0.25, 0.3) is 72.0 Å². The highest BCUT2D eigenvalue weighted by Crippen LogP contribution is 2.35. The van der Waals surface area contributed by atoms with Gasteiger partial charge in [-0.15, -0.1) is 10.2 Å². The second-order valence-corrected chi connectivity index (χ2v) is 19.0. The molecular weight excluding hydrogens is 1280 g/mol. The van der Waals surface area contributed by atoms with Gasteiger partial charge in [0.25, 0.3) is 28.4 Å². The lowest BCUT2D eigenvalue weighted by Gasteiger charge is -2.06. The van der Waals surface area contributed by atoms with E-state index in [1.165, 1.54) is 111 Å². The van der Waals surface area contributed by atoms with Crippen molar-refractivity contribution in [1.29, 1.82) is 0 Å². The highest BCUT2D eigenvalue weighted by Gasteiger charge is 2.28. The van der Waals surface area contributed by atoms with Crippen LogP contribution in [0, 0.1) is 12.7 Å². The maximum atomic E-state index is 13.9. The fourth-order valence-corrected chi connectivity index (χ4v) is 9.27. The van der Waals surface area contributed by atoms with Gasteiger partial charge in [0.05, 0.1) is 144 Å². The monoisotopic (exact) mass is 1320 g/mol. The molecule has 12 heterocycles. The lowest BCUT2D eigenvalue weighted by molar-refractivity contribution is -0.132. The molecule has 0 amide bonds. The Balaban J connectivity index is 0.000000141. The van der Waals surface area contributed by atoms with E-state index in [4.69, 9.17) is 51.0 Å². The van der Waals surface area contributed by atoms with Crippen LogP contribution in [0.15, 0.2) is 111 Å². The van der Waals surface area contributed by atoms with E-state index in [0.717, 1.165) is 17.9 Å². The Morgan fingerprint density at radius 1 is 0.474 bits per heavy atom. The number of carbonyl (C=O) groups excluding carboxylic acids is 6. The van der Waals surface area contributed by atoms with Crippen LogP contribution in [0.4, 0.5) is 4.39 Å². The third-order valence-corrected chi connectivity index (χ3v) is 13.5. The van der Waals surface area contributed by atoms with Crippen molar-refractivity contribution in [3.63, 3.8) is 0 Å². The van der Waals surface area contributed by atoms with Gasteiger partial charge in [-0.25, -0.2) is 62.5 Å². The first-order valence-electron chi connectivity index (χ1n) is 26.4. The van der Waals surface area contributed by atoms with Crippen molar-refractivity contribution in [2.45, 2.75) is 6.92 Å². The smallest absolute Gasteiger partial charge is 0.377 e. The molecule has 0 radical (unpaired) electrons. The predicted octanol–water partition coefficient (Wildman–Crippen LogP) is 4.66. The molecule has 36 nitrogen and oxygen atoms in total. The number of hydrogen-bond acceptors (Lipinski definition) is 24. The highest BCUT2D eigenvalue weighted by atomic mass is 35.5. The van der Waals surface area contributed by atoms with Crippen molar-refractivity contribution in [2.75, 3.05) is 28.4 Å². The highest BCUT2D eigenvalue weighted by molar-refractivity contribution is 6.83. The Bertz CT molecular complexity index is 5180. The number of aromatic nitrogens is 18. The largest absolute Gasteiger partial charge is 0.494 e. The van der Waals surface area contributed by atoms with Gasteiger partial charge in [0, 0.05) is 41.9 Å². The first-order valence-corrected chi connectivity index (χ1v) is 26.8. The maximum absolute atomic E-state index is 13.9. The number of carbonyl (C=O) groups is 10. The summed E-state index contributed by atoms with van der Waals surface area (Å²) in [5.74, 6) is -9.36. The summed E-state index contributed by atoms with van der Waals surface area (Å²) in [5.41, 5.74) is 2.33. The standard InChI is InChI=1S/C13H11N5O4.C12H9N5O4.C11H6FN5O3.C11H10N2O5.C10H6ClNO2/c1-6-16-5-18(17-6)12-10-9(8(22-2)4-15-12)7(3-14-10)11(19)13(20)21;1-21-7-5-14-11(17-3-2-15-16-17)9-8(7)6(4-13-9)10(18)12(19)20;12-6-4-14-10(17-2-1-15-16-17)8-7(6)5(3-13-8)9(18)11(19)20;1-17-6-4-13-10(18-2)8-7(6)5(3-12-8)9(14)11(15)16;11-10(14)9(13)7-5-12-8-4-2-1-3-6(7)8/h3-5,14H,1-2H3,(H,20,21);2-5,13H,1H3,(H,19,20);1-4,13H,(H,19,20);3-4,12H,1-2H3,(H,15,16);1-5,12H. The topological polar surface area (TPSA) is 511 Å². The fourth-order valence-electron chi connectivity index (χ4n) is 9.17. The average molecular weight is 1320 g/mol. The number of rotatable bonds is 17. The van der Waals surface area contributed by atoms with Crippen LogP contribution < -0.4 is 18.9 Å². The Morgan fingerprint density at radius 3 is 1.28 bits per heavy atom. The third-order valence-electron chi connectivity index (χ3n) is 13.3. The zero-order chi connectivity index (χ0) is 68.5. The summed E-state index contributed by atoms with van der Waals surface area (Å²) in [6.07, 6.45) is 19.0. The van der Waals surface area contributed by atoms with E-state index in [0.29, 0.717) is 78.4 Å². The van der Waals surface area contributed by atoms with Crippen molar-refractivity contribution in [3.8, 4) is 40.6 Å². The van der Waals surface area contributed by atoms with Crippen LogP contribution in [0.2, 0.25) is 0 Å². The molecule has 0 aliphatic rings. The van der Waals surface area contributed by atoms with Gasteiger partial charge in [-0.05, 0) is 24.6 Å². The van der Waals surface area contributed by atoms with E-state index in [2.05, 4.69) is 75.6 Å². The first kappa shape index (κ1) is 65.7. The number of nitrogens with zero attached hydrogens (tertiary/aromatic N) is 13. The number of halogens is 2. The second-order valence-electron chi connectivity index (χ2n) is 18.7. The van der Waals surface area contributed by atoms with Crippen molar-refractivity contribution in [2.24, 2.45) is 0 Å². The zero-order valence-electron chi connectivity index (χ0n) is 49.0. The van der Waals surface area contributed by atoms with Gasteiger partial charge in [-0.3, -0.25) is 28.8 Å². The number of fused-ring (bicyclic) bond motifs is 5. The average Bonchev–Trinajstić information content (AvgIpc) is 1.67. The van der Waals surface area contributed by atoms with Gasteiger partial charge in [-0.1, -0.05) is 28.6 Å². The van der Waals surface area contributed by atoms with Crippen LogP contribution in [-0.2, 0) is 24.0 Å². The van der Waals surface area contributed by atoms with E-state index in [9.17, 15) is 52.3 Å². The quantitative estimate of drug-likeness (QED) is 0.0340. The summed E-state index contributed by atoms with van der Waals surface area (Å²) in [5, 5.41) is 54.9. The molecule has 0 atom stereocenters. The number of ether oxygens (including phenoxy) is 4. The van der Waals surface area contributed by atoms with Crippen molar-refractivity contribution < 1.29 is 91.7 Å². The van der Waals surface area contributed by atoms with Gasteiger partial charge in [0.15, 0.2) is 23.3 Å². The number of pyridine rings is 4. The number of hydrogen-bond donors (Lipinski definition) is 9. The molecule has 95 heavy (non-hydrogen) atoms. The lowest BCUT2D eigenvalue weighted by Crippen LogP contribution is -2.12. The molecule has 0 aliphatic heterocycles. The number of Topliss-reactive ketones (excluding diaryl/α,β-unsaturated/α-hetero) is 5. The number of aliphatic carboxylic acids is 4. The van der Waals surface area contributed by atoms with Crippen molar-refractivity contribution in [1.82, 2.24) is 89.6 Å². The van der Waals surface area contributed by atoms with E-state index in [1.807, 2.05) is 12.1 Å². The maximum Gasteiger partial charge on any atom is 0.377 e. The van der Waals surface area contributed by atoms with Crippen LogP contribution in [0.3, 0.4) is 0 Å². The summed E-state index contributed by atoms with van der Waals surface area (Å²) >= 11 is 5.12. The minimum atomic E-state index is -1.66. The number of nitrogens with one attached hydrogen (secondary N) is 5. The number of methoxy groups -OCH3 is 4. The van der Waals surface area contributed by atoms with Crippen LogP contribution in [0.5, 0.6) is 23.1 Å². The molecule has 1 aromatic carbocycles. The number of aryl methyl sites for hydroxylation is 1. The number of benzene rings is 1. The van der Waals surface area contributed by atoms with E-state index in [1.54, 1.807) is 25.3 Å². The van der Waals surface area contributed by atoms with E-state index < -0.39 is 63.9 Å². The molecule has 9 N–H and O–H groups in total. The Morgan fingerprint density at radius 2 is 0.874 bits per heavy atom. The van der Waals surface area contributed by atoms with Gasteiger partial charge in [-0.2, -0.15) is 5.10 Å². The van der Waals surface area contributed by atoms with Gasteiger partial charge >= 0.3 is 23.9 Å². The Kier molecular flexibility index (Phi) is 19.3. The molecule has 0 fully saturated rings. The first-order chi connectivity index (χ1) is 45.5. The van der Waals surface area contributed by atoms with Crippen LogP contribution in [0.1, 0.15) is 57.6 Å². The lowest BCUT2D eigenvalue weighted by atomic mass is 10.1. The number of carboxylic acids is 4. The number of para-hydroxylation sites is 1. The summed E-state index contributed by atoms with van der Waals surface area (Å²) in [4.78, 5) is 146. The molecule has 0 saturated heterocycles. The van der Waals surface area contributed by atoms with Gasteiger partial charge in [0.2, 0.25) is 11.7 Å². The number of aromatic amines is 5. The number of carboxylic acid groups (broad SMARTS) is 4. The number of H-pyrrole nitrogens is 5. The molecule has 13 aromatic rings. The minimum absolute atomic E-state index is 0.000151. The summed E-state index contributed by atoms with van der Waals surface area (Å²) in [6.45, 7) is 1.73. The molecule has 0 aliphatic carbocycles. The summed E-state index contributed by atoms with van der Waals surface area (Å²) in [6, 6.07) is 7.23. The molecule has 0 unspecified atom stereocenters. The number of ketones is 5. The molecule has 0 bridgehead atoms. The molecule has 0 spiro atoms. The summed E-state index contributed by atoms with van der Waals surface area (Å²) in [7, 11) is 5.66. The van der Waals surface area contributed by atoms with Crippen LogP contribution in [-0.4, -0.2) is 197 Å². The Labute approximate surface area is 530 Å². The molecule has 38 heteroatoms.